The quantitative estimate of drug-likeness (QED) is 0.681. The van der Waals surface area contributed by atoms with Crippen LogP contribution < -0.4 is 10.5 Å². The van der Waals surface area contributed by atoms with Crippen molar-refractivity contribution in [3.63, 3.8) is 0 Å². The molecule has 0 aromatic heterocycles. The second-order valence-corrected chi connectivity index (χ2v) is 6.28. The third-order valence-electron chi connectivity index (χ3n) is 4.25. The summed E-state index contributed by atoms with van der Waals surface area (Å²) < 4.78 is 41.6. The van der Waals surface area contributed by atoms with Gasteiger partial charge in [0.2, 0.25) is 0 Å². The van der Waals surface area contributed by atoms with Crippen LogP contribution in [0.1, 0.15) is 37.8 Å². The first-order valence-electron chi connectivity index (χ1n) is 9.87. The molecule has 0 bridgehead atoms. The van der Waals surface area contributed by atoms with Gasteiger partial charge in [-0.15, -0.1) is 0 Å². The number of likely N-dealkylation sites (tertiary alicyclic amines) is 1. The zero-order valence-corrected chi connectivity index (χ0v) is 17.1. The monoisotopic (exact) mass is 412 g/mol. The van der Waals surface area contributed by atoms with E-state index in [1.807, 2.05) is 38.1 Å². The van der Waals surface area contributed by atoms with Crippen molar-refractivity contribution in [3.8, 4) is 5.75 Å². The fourth-order valence-corrected chi connectivity index (χ4v) is 2.75. The van der Waals surface area contributed by atoms with Gasteiger partial charge in [-0.05, 0) is 55.8 Å². The molecule has 1 heterocycles. The van der Waals surface area contributed by atoms with Gasteiger partial charge < -0.3 is 15.6 Å². The Morgan fingerprint density at radius 3 is 2.07 bits per heavy atom. The number of nitrogen functional groups attached to an aromatic ring is 1. The Labute approximate surface area is 171 Å². The maximum Gasteiger partial charge on any atom is 0.418 e. The molecule has 3 N–H and O–H groups in total. The third-order valence-corrected chi connectivity index (χ3v) is 4.25. The largest absolute Gasteiger partial charge is 0.492 e. The first-order chi connectivity index (χ1) is 13.9. The average molecular weight is 412 g/mol. The van der Waals surface area contributed by atoms with Gasteiger partial charge in [-0.2, -0.15) is 13.2 Å². The number of hydrogen-bond acceptors (Lipinski definition) is 4. The van der Waals surface area contributed by atoms with Gasteiger partial charge >= 0.3 is 6.18 Å². The molecule has 7 heteroatoms. The van der Waals surface area contributed by atoms with E-state index >= 15 is 0 Å². The van der Waals surface area contributed by atoms with E-state index in [4.69, 9.17) is 15.6 Å². The number of nitrogens with two attached hydrogens (primary N) is 1. The first-order valence-corrected chi connectivity index (χ1v) is 9.87. The highest BCUT2D eigenvalue weighted by Gasteiger charge is 2.32. The second kappa shape index (κ2) is 13.1. The molecule has 0 radical (unpaired) electrons. The van der Waals surface area contributed by atoms with E-state index in [9.17, 15) is 13.2 Å². The van der Waals surface area contributed by atoms with Crippen LogP contribution in [0.3, 0.4) is 0 Å². The Hall–Kier alpha value is -2.25. The maximum atomic E-state index is 12.0. The molecule has 4 nitrogen and oxygen atoms in total. The molecule has 1 aliphatic heterocycles. The molecule has 0 atom stereocenters. The van der Waals surface area contributed by atoms with Crippen LogP contribution in [-0.2, 0) is 12.8 Å². The first kappa shape index (κ1) is 24.8. The van der Waals surface area contributed by atoms with E-state index in [0.29, 0.717) is 0 Å². The number of alkyl halides is 3. The van der Waals surface area contributed by atoms with Gasteiger partial charge in [-0.3, -0.25) is 4.90 Å². The normalized spacial score (nSPS) is 13.7. The maximum absolute atomic E-state index is 12.0. The van der Waals surface area contributed by atoms with Crippen LogP contribution >= 0.6 is 0 Å². The highest BCUT2D eigenvalue weighted by atomic mass is 19.4. The lowest BCUT2D eigenvalue weighted by Gasteiger charge is -2.14. The molecule has 0 spiro atoms. The minimum absolute atomic E-state index is 0.0913. The Morgan fingerprint density at radius 2 is 1.59 bits per heavy atom. The van der Waals surface area contributed by atoms with Gasteiger partial charge in [-0.25, -0.2) is 0 Å². The van der Waals surface area contributed by atoms with Crippen LogP contribution in [0.15, 0.2) is 48.5 Å². The summed E-state index contributed by atoms with van der Waals surface area (Å²) in [5, 5.41) is 8.90. The molecule has 1 saturated heterocycles. The van der Waals surface area contributed by atoms with E-state index in [1.54, 1.807) is 0 Å². The highest BCUT2D eigenvalue weighted by molar-refractivity contribution is 5.47. The average Bonchev–Trinajstić information content (AvgIpc) is 3.24. The van der Waals surface area contributed by atoms with Crippen LogP contribution in [-0.4, -0.2) is 36.2 Å². The van der Waals surface area contributed by atoms with Crippen molar-refractivity contribution < 1.29 is 23.0 Å². The molecule has 2 aromatic carbocycles. The fourth-order valence-electron chi connectivity index (χ4n) is 2.75. The zero-order valence-electron chi connectivity index (χ0n) is 17.1. The van der Waals surface area contributed by atoms with E-state index in [0.717, 1.165) is 30.5 Å². The standard InChI is InChI=1S/C13H19NO2.C7H6F3N.C2H6/c15-11-12-3-5-13(6-4-12)16-10-9-14-7-1-2-8-14;8-7(9,10)5-3-1-2-4-6(5)11;1-2/h3-6,15H,1-2,7-11H2;1-4H,11H2;1-2H3. The van der Waals surface area contributed by atoms with Crippen molar-refractivity contribution in [1.82, 2.24) is 4.90 Å². The minimum atomic E-state index is -4.34. The van der Waals surface area contributed by atoms with Crippen LogP contribution in [0.4, 0.5) is 18.9 Å². The third kappa shape index (κ3) is 9.19. The Balaban J connectivity index is 0.000000284. The van der Waals surface area contributed by atoms with Crippen LogP contribution in [0, 0.1) is 0 Å². The number of nitrogens with zero attached hydrogens (tertiary/aromatic N) is 1. The molecule has 162 valence electrons. The van der Waals surface area contributed by atoms with Crippen molar-refractivity contribution in [2.45, 2.75) is 39.5 Å². The molecule has 2 aromatic rings. The summed E-state index contributed by atoms with van der Waals surface area (Å²) in [5.74, 6) is 0.886. The van der Waals surface area contributed by atoms with Crippen molar-refractivity contribution in [2.24, 2.45) is 0 Å². The van der Waals surface area contributed by atoms with Gasteiger partial charge in [0.25, 0.3) is 0 Å². The smallest absolute Gasteiger partial charge is 0.418 e. The number of aliphatic hydroxyl groups excluding tert-OH is 1. The van der Waals surface area contributed by atoms with Gasteiger partial charge in [0, 0.05) is 12.2 Å². The highest BCUT2D eigenvalue weighted by Crippen LogP contribution is 2.32. The van der Waals surface area contributed by atoms with Gasteiger partial charge in [0.05, 0.1) is 12.2 Å². The number of anilines is 1. The number of hydrogen-bond donors (Lipinski definition) is 2. The Kier molecular flexibility index (Phi) is 11.2. The van der Waals surface area contributed by atoms with E-state index < -0.39 is 11.7 Å². The van der Waals surface area contributed by atoms with E-state index in [-0.39, 0.29) is 12.3 Å². The molecular weight excluding hydrogens is 381 g/mol. The van der Waals surface area contributed by atoms with Crippen LogP contribution in [0.2, 0.25) is 0 Å². The molecule has 29 heavy (non-hydrogen) atoms. The summed E-state index contributed by atoms with van der Waals surface area (Å²) in [6, 6.07) is 12.6. The number of para-hydroxylation sites is 1. The van der Waals surface area contributed by atoms with E-state index in [1.165, 1.54) is 44.1 Å². The van der Waals surface area contributed by atoms with E-state index in [2.05, 4.69) is 4.90 Å². The van der Waals surface area contributed by atoms with Gasteiger partial charge in [-0.1, -0.05) is 38.1 Å². The van der Waals surface area contributed by atoms with Gasteiger partial charge in [0.15, 0.2) is 0 Å². The molecule has 3 rings (SSSR count). The number of ether oxygens (including phenoxy) is 1. The predicted molar refractivity (Wildman–Crippen MR) is 111 cm³/mol. The summed E-state index contributed by atoms with van der Waals surface area (Å²) in [7, 11) is 0. The minimum Gasteiger partial charge on any atom is -0.492 e. The molecule has 0 saturated carbocycles. The summed E-state index contributed by atoms with van der Waals surface area (Å²) in [6.45, 7) is 8.29. The number of aliphatic hydroxyl groups is 1. The van der Waals surface area contributed by atoms with Crippen molar-refractivity contribution in [2.75, 3.05) is 32.0 Å². The molecule has 0 unspecified atom stereocenters. The zero-order chi connectivity index (χ0) is 21.7. The lowest BCUT2D eigenvalue weighted by molar-refractivity contribution is -0.136. The molecule has 0 amide bonds. The summed E-state index contributed by atoms with van der Waals surface area (Å²) in [4.78, 5) is 2.43. The van der Waals surface area contributed by atoms with Crippen molar-refractivity contribution in [1.29, 1.82) is 0 Å². The number of halogens is 3. The Morgan fingerprint density at radius 1 is 1.00 bits per heavy atom. The Bertz CT molecular complexity index is 685. The van der Waals surface area contributed by atoms with Crippen molar-refractivity contribution >= 4 is 5.69 Å². The summed E-state index contributed by atoms with van der Waals surface area (Å²) in [5.41, 5.74) is 5.00. The second-order valence-electron chi connectivity index (χ2n) is 6.28. The fraction of sp³-hybridized carbons (Fsp3) is 0.455. The lowest BCUT2D eigenvalue weighted by atomic mass is 10.2. The predicted octanol–water partition coefficient (Wildman–Crippen LogP) is 4.97. The van der Waals surface area contributed by atoms with Crippen molar-refractivity contribution in [3.05, 3.63) is 59.7 Å². The SMILES string of the molecule is CC.Nc1ccccc1C(F)(F)F.OCc1ccc(OCCN2CCCC2)cc1. The molecular formula is C22H31F3N2O2. The topological polar surface area (TPSA) is 58.7 Å². The lowest BCUT2D eigenvalue weighted by Crippen LogP contribution is -2.25. The molecule has 0 aliphatic carbocycles. The molecule has 1 aliphatic rings. The summed E-state index contributed by atoms with van der Waals surface area (Å²) in [6.07, 6.45) is -1.69. The number of rotatable bonds is 5. The molecule has 1 fully saturated rings. The van der Waals surface area contributed by atoms with Crippen LogP contribution in [0.25, 0.3) is 0 Å². The summed E-state index contributed by atoms with van der Waals surface area (Å²) >= 11 is 0. The number of benzene rings is 2. The van der Waals surface area contributed by atoms with Gasteiger partial charge in [0.1, 0.15) is 12.4 Å². The van der Waals surface area contributed by atoms with Crippen LogP contribution in [0.5, 0.6) is 5.75 Å².